The Morgan fingerprint density at radius 2 is 2.00 bits per heavy atom. The van der Waals surface area contributed by atoms with Gasteiger partial charge in [0.05, 0.1) is 12.1 Å². The molecule has 21 heavy (non-hydrogen) atoms. The first-order valence-corrected chi connectivity index (χ1v) is 7.92. The number of carboxylic acids is 1. The van der Waals surface area contributed by atoms with Crippen molar-refractivity contribution in [3.63, 3.8) is 0 Å². The van der Waals surface area contributed by atoms with Gasteiger partial charge in [0.1, 0.15) is 6.04 Å². The van der Waals surface area contributed by atoms with Crippen molar-refractivity contribution in [3.8, 4) is 0 Å². The molecule has 2 aliphatic heterocycles. The summed E-state index contributed by atoms with van der Waals surface area (Å²) < 4.78 is 5.25. The zero-order valence-corrected chi connectivity index (χ0v) is 12.5. The molecule has 2 saturated heterocycles. The van der Waals surface area contributed by atoms with Gasteiger partial charge in [0.2, 0.25) is 5.91 Å². The van der Waals surface area contributed by atoms with Crippen LogP contribution in [-0.2, 0) is 14.3 Å². The fourth-order valence-corrected chi connectivity index (χ4v) is 4.16. The highest BCUT2D eigenvalue weighted by Gasteiger charge is 2.45. The van der Waals surface area contributed by atoms with E-state index in [0.717, 1.165) is 12.8 Å². The average Bonchev–Trinajstić information content (AvgIpc) is 3.10. The molecule has 1 saturated carbocycles. The Kier molecular flexibility index (Phi) is 4.17. The first-order chi connectivity index (χ1) is 10.1. The number of likely N-dealkylation sites (tertiary alicyclic amines) is 1. The number of carbonyl (C=O) groups excluding carboxylic acids is 1. The van der Waals surface area contributed by atoms with E-state index in [1.54, 1.807) is 7.11 Å². The van der Waals surface area contributed by atoms with E-state index in [1.165, 1.54) is 24.2 Å². The van der Waals surface area contributed by atoms with Crippen LogP contribution >= 0.6 is 0 Å². The molecule has 0 aromatic carbocycles. The van der Waals surface area contributed by atoms with Crippen LogP contribution in [0.2, 0.25) is 0 Å². The first kappa shape index (κ1) is 14.8. The predicted octanol–water partition coefficient (Wildman–Crippen LogP) is 0.608. The number of hydrogen-bond acceptors (Lipinski definition) is 4. The lowest BCUT2D eigenvalue weighted by Crippen LogP contribution is -2.49. The quantitative estimate of drug-likeness (QED) is 0.797. The number of rotatable bonds is 3. The van der Waals surface area contributed by atoms with Gasteiger partial charge >= 0.3 is 5.97 Å². The van der Waals surface area contributed by atoms with E-state index < -0.39 is 12.0 Å². The maximum Gasteiger partial charge on any atom is 0.326 e. The highest BCUT2D eigenvalue weighted by molar-refractivity contribution is 5.88. The van der Waals surface area contributed by atoms with Gasteiger partial charge in [-0.1, -0.05) is 12.8 Å². The number of amides is 1. The lowest BCUT2D eigenvalue weighted by molar-refractivity contribution is -0.148. The van der Waals surface area contributed by atoms with Crippen LogP contribution in [0.15, 0.2) is 0 Å². The van der Waals surface area contributed by atoms with Crippen molar-refractivity contribution in [1.29, 1.82) is 0 Å². The molecule has 2 N–H and O–H groups in total. The third kappa shape index (κ3) is 2.79. The maximum atomic E-state index is 12.7. The number of methoxy groups -OCH3 is 1. The van der Waals surface area contributed by atoms with Crippen LogP contribution in [0.5, 0.6) is 0 Å². The van der Waals surface area contributed by atoms with Gasteiger partial charge in [-0.2, -0.15) is 0 Å². The fourth-order valence-electron chi connectivity index (χ4n) is 4.16. The molecule has 6 nitrogen and oxygen atoms in total. The van der Waals surface area contributed by atoms with E-state index in [0.29, 0.717) is 24.9 Å². The van der Waals surface area contributed by atoms with Crippen LogP contribution in [0.3, 0.4) is 0 Å². The SMILES string of the molecule is COC1CC(C(=O)O)N(C(=O)C2CC3CCCCC3N2)C1. The van der Waals surface area contributed by atoms with Gasteiger partial charge in [0.25, 0.3) is 0 Å². The summed E-state index contributed by atoms with van der Waals surface area (Å²) in [5.41, 5.74) is 0. The fraction of sp³-hybridized carbons (Fsp3) is 0.867. The lowest BCUT2D eigenvalue weighted by Gasteiger charge is -2.25. The van der Waals surface area contributed by atoms with E-state index in [-0.39, 0.29) is 18.1 Å². The molecule has 0 radical (unpaired) electrons. The minimum absolute atomic E-state index is 0.0589. The molecule has 3 fully saturated rings. The molecule has 5 atom stereocenters. The highest BCUT2D eigenvalue weighted by Crippen LogP contribution is 2.34. The van der Waals surface area contributed by atoms with Crippen molar-refractivity contribution < 1.29 is 19.4 Å². The summed E-state index contributed by atoms with van der Waals surface area (Å²) in [5.74, 6) is -0.411. The number of nitrogens with zero attached hydrogens (tertiary/aromatic N) is 1. The number of carbonyl (C=O) groups is 2. The monoisotopic (exact) mass is 296 g/mol. The molecule has 3 rings (SSSR count). The minimum atomic E-state index is -0.932. The third-order valence-electron chi connectivity index (χ3n) is 5.33. The van der Waals surface area contributed by atoms with Gasteiger partial charge in [0.15, 0.2) is 0 Å². The molecule has 6 heteroatoms. The summed E-state index contributed by atoms with van der Waals surface area (Å²) in [6.45, 7) is 0.389. The molecule has 0 spiro atoms. The van der Waals surface area contributed by atoms with Gasteiger partial charge in [-0.05, 0) is 25.2 Å². The molecule has 1 amide bonds. The molecular weight excluding hydrogens is 272 g/mol. The van der Waals surface area contributed by atoms with Crippen LogP contribution in [0.4, 0.5) is 0 Å². The Labute approximate surface area is 124 Å². The minimum Gasteiger partial charge on any atom is -0.480 e. The maximum absolute atomic E-state index is 12.7. The molecule has 2 heterocycles. The molecule has 3 aliphatic rings. The highest BCUT2D eigenvalue weighted by atomic mass is 16.5. The Morgan fingerprint density at radius 3 is 2.67 bits per heavy atom. The number of hydrogen-bond donors (Lipinski definition) is 2. The second kappa shape index (κ2) is 5.93. The molecule has 0 bridgehead atoms. The molecular formula is C15H24N2O4. The Balaban J connectivity index is 1.68. The van der Waals surface area contributed by atoms with E-state index >= 15 is 0 Å². The van der Waals surface area contributed by atoms with E-state index in [4.69, 9.17) is 4.74 Å². The number of ether oxygens (including phenoxy) is 1. The average molecular weight is 296 g/mol. The zero-order chi connectivity index (χ0) is 15.0. The molecule has 0 aromatic rings. The van der Waals surface area contributed by atoms with E-state index in [9.17, 15) is 14.7 Å². The van der Waals surface area contributed by atoms with E-state index in [2.05, 4.69) is 5.32 Å². The molecule has 1 aliphatic carbocycles. The normalized spacial score (nSPS) is 39.3. The predicted molar refractivity (Wildman–Crippen MR) is 75.8 cm³/mol. The van der Waals surface area contributed by atoms with Gasteiger partial charge in [0, 0.05) is 26.1 Å². The van der Waals surface area contributed by atoms with Crippen LogP contribution < -0.4 is 5.32 Å². The molecule has 5 unspecified atom stereocenters. The van der Waals surface area contributed by atoms with Gasteiger partial charge in [-0.3, -0.25) is 4.79 Å². The summed E-state index contributed by atoms with van der Waals surface area (Å²) in [4.78, 5) is 25.6. The summed E-state index contributed by atoms with van der Waals surface area (Å²) in [6, 6.07) is -0.515. The summed E-state index contributed by atoms with van der Waals surface area (Å²) in [6.07, 6.45) is 5.86. The number of fused-ring (bicyclic) bond motifs is 1. The number of nitrogens with one attached hydrogen (secondary N) is 1. The van der Waals surface area contributed by atoms with E-state index in [1.807, 2.05) is 0 Å². The first-order valence-electron chi connectivity index (χ1n) is 7.92. The van der Waals surface area contributed by atoms with Gasteiger partial charge in [-0.15, -0.1) is 0 Å². The van der Waals surface area contributed by atoms with Crippen LogP contribution in [-0.4, -0.2) is 59.8 Å². The summed E-state index contributed by atoms with van der Waals surface area (Å²) >= 11 is 0. The zero-order valence-electron chi connectivity index (χ0n) is 12.5. The van der Waals surface area contributed by atoms with Crippen molar-refractivity contribution in [2.75, 3.05) is 13.7 Å². The van der Waals surface area contributed by atoms with Crippen molar-refractivity contribution >= 4 is 11.9 Å². The largest absolute Gasteiger partial charge is 0.480 e. The lowest BCUT2D eigenvalue weighted by atomic mass is 9.85. The van der Waals surface area contributed by atoms with Crippen LogP contribution in [0.25, 0.3) is 0 Å². The number of aliphatic carboxylic acids is 1. The smallest absolute Gasteiger partial charge is 0.326 e. The number of carboxylic acid groups (broad SMARTS) is 1. The van der Waals surface area contributed by atoms with Gasteiger partial charge < -0.3 is 20.1 Å². The Hall–Kier alpha value is -1.14. The van der Waals surface area contributed by atoms with Gasteiger partial charge in [-0.25, -0.2) is 4.79 Å². The Morgan fingerprint density at radius 1 is 1.24 bits per heavy atom. The molecule has 118 valence electrons. The second-order valence-corrected chi connectivity index (χ2v) is 6.54. The van der Waals surface area contributed by atoms with Crippen LogP contribution in [0, 0.1) is 5.92 Å². The van der Waals surface area contributed by atoms with Crippen molar-refractivity contribution in [2.45, 2.75) is 62.8 Å². The van der Waals surface area contributed by atoms with Crippen molar-refractivity contribution in [1.82, 2.24) is 10.2 Å². The standard InChI is InChI=1S/C15H24N2O4/c1-21-10-7-13(15(19)20)17(8-10)14(18)12-6-9-4-2-3-5-11(9)16-12/h9-13,16H,2-8H2,1H3,(H,19,20). The second-order valence-electron chi connectivity index (χ2n) is 6.54. The molecule has 0 aromatic heterocycles. The van der Waals surface area contributed by atoms with Crippen LogP contribution in [0.1, 0.15) is 38.5 Å². The summed E-state index contributed by atoms with van der Waals surface area (Å²) in [5, 5.41) is 12.8. The Bertz CT molecular complexity index is 414. The third-order valence-corrected chi connectivity index (χ3v) is 5.33. The van der Waals surface area contributed by atoms with Crippen molar-refractivity contribution in [3.05, 3.63) is 0 Å². The van der Waals surface area contributed by atoms with Crippen molar-refractivity contribution in [2.24, 2.45) is 5.92 Å². The summed E-state index contributed by atoms with van der Waals surface area (Å²) in [7, 11) is 1.57. The topological polar surface area (TPSA) is 78.9 Å².